The average molecular weight is 227 g/mol. The maximum Gasteiger partial charge on any atom is 0.317 e. The molecule has 0 saturated carbocycles. The molecule has 0 amide bonds. The minimum absolute atomic E-state index is 0.554. The number of nitrogens with zero attached hydrogens (tertiary/aromatic N) is 3. The van der Waals surface area contributed by atoms with Gasteiger partial charge in [-0.15, -0.1) is 11.3 Å². The summed E-state index contributed by atoms with van der Waals surface area (Å²) in [6.45, 7) is 0. The highest BCUT2D eigenvalue weighted by Crippen LogP contribution is 2.24. The highest BCUT2D eigenvalue weighted by molar-refractivity contribution is 7.10. The molecule has 1 rings (SSSR count). The molecule has 0 spiro atoms. The lowest BCUT2D eigenvalue weighted by atomic mass is 10.1. The zero-order valence-corrected chi connectivity index (χ0v) is 8.72. The lowest BCUT2D eigenvalue weighted by Gasteiger charge is -2.14. The van der Waals surface area contributed by atoms with Crippen molar-refractivity contribution in [2.75, 3.05) is 7.11 Å². The van der Waals surface area contributed by atoms with Crippen molar-refractivity contribution in [1.82, 2.24) is 0 Å². The summed E-state index contributed by atoms with van der Waals surface area (Å²) in [6, 6.07) is 2.14. The van der Waals surface area contributed by atoms with Crippen LogP contribution in [0.1, 0.15) is 11.0 Å². The first-order valence-corrected chi connectivity index (χ1v) is 4.92. The topological polar surface area (TPSA) is 95.3 Å². The van der Waals surface area contributed by atoms with Crippen LogP contribution in [0.25, 0.3) is 10.4 Å². The highest BCUT2D eigenvalue weighted by Gasteiger charge is 2.28. The summed E-state index contributed by atoms with van der Waals surface area (Å²) in [7, 11) is 1.17. The standard InChI is InChI=1S/C8H9N3O3S/c1-14-8(13)6(10-11-9)7(12)5-3-2-4-15-5/h2-4,6-7,12H,1H3. The van der Waals surface area contributed by atoms with E-state index in [0.717, 1.165) is 0 Å². The summed E-state index contributed by atoms with van der Waals surface area (Å²) < 4.78 is 4.42. The second-order valence-electron chi connectivity index (χ2n) is 2.63. The van der Waals surface area contributed by atoms with E-state index in [4.69, 9.17) is 5.53 Å². The fourth-order valence-corrected chi connectivity index (χ4v) is 1.77. The van der Waals surface area contributed by atoms with Gasteiger partial charge in [0.2, 0.25) is 0 Å². The number of hydrogen-bond acceptors (Lipinski definition) is 5. The van der Waals surface area contributed by atoms with Crippen LogP contribution in [0.3, 0.4) is 0 Å². The maximum absolute atomic E-state index is 11.2. The van der Waals surface area contributed by atoms with E-state index in [-0.39, 0.29) is 0 Å². The molecule has 0 aliphatic carbocycles. The minimum atomic E-state index is -1.24. The molecule has 0 aromatic carbocycles. The number of ether oxygens (including phenoxy) is 1. The molecule has 2 atom stereocenters. The Bertz CT molecular complexity index is 372. The van der Waals surface area contributed by atoms with Gasteiger partial charge in [-0.25, -0.2) is 0 Å². The van der Waals surface area contributed by atoms with Crippen molar-refractivity contribution < 1.29 is 14.6 Å². The van der Waals surface area contributed by atoms with E-state index in [2.05, 4.69) is 14.8 Å². The number of esters is 1. The largest absolute Gasteiger partial charge is 0.469 e. The molecule has 1 aromatic rings. The Morgan fingerprint density at radius 3 is 3.00 bits per heavy atom. The number of azide groups is 1. The first kappa shape index (κ1) is 11.5. The average Bonchev–Trinajstić information content (AvgIpc) is 2.77. The van der Waals surface area contributed by atoms with Crippen LogP contribution in [-0.2, 0) is 9.53 Å². The van der Waals surface area contributed by atoms with E-state index in [0.29, 0.717) is 4.88 Å². The van der Waals surface area contributed by atoms with Crippen LogP contribution in [0.15, 0.2) is 22.6 Å². The lowest BCUT2D eigenvalue weighted by molar-refractivity contribution is -0.144. The molecule has 0 radical (unpaired) electrons. The number of aliphatic hydroxyl groups is 1. The van der Waals surface area contributed by atoms with Gasteiger partial charge in [0.25, 0.3) is 0 Å². The summed E-state index contributed by atoms with van der Waals surface area (Å²) in [4.78, 5) is 14.3. The molecule has 0 bridgehead atoms. The first-order chi connectivity index (χ1) is 7.20. The third kappa shape index (κ3) is 2.69. The Balaban J connectivity index is 2.90. The highest BCUT2D eigenvalue weighted by atomic mass is 32.1. The summed E-state index contributed by atoms with van der Waals surface area (Å²) in [5.41, 5.74) is 8.27. The van der Waals surface area contributed by atoms with Crippen LogP contribution in [0.2, 0.25) is 0 Å². The smallest absolute Gasteiger partial charge is 0.317 e. The van der Waals surface area contributed by atoms with Gasteiger partial charge in [-0.2, -0.15) is 0 Å². The Hall–Kier alpha value is -1.56. The Kier molecular flexibility index (Phi) is 4.11. The molecule has 1 heterocycles. The van der Waals surface area contributed by atoms with Crippen molar-refractivity contribution in [3.63, 3.8) is 0 Å². The predicted molar refractivity (Wildman–Crippen MR) is 54.2 cm³/mol. The third-order valence-electron chi connectivity index (χ3n) is 1.75. The van der Waals surface area contributed by atoms with Crippen LogP contribution in [-0.4, -0.2) is 24.2 Å². The van der Waals surface area contributed by atoms with Crippen LogP contribution in [0, 0.1) is 0 Å². The normalized spacial score (nSPS) is 13.7. The molecule has 0 fully saturated rings. The lowest BCUT2D eigenvalue weighted by Crippen LogP contribution is -2.26. The number of thiophene rings is 1. The number of carbonyl (C=O) groups excluding carboxylic acids is 1. The minimum Gasteiger partial charge on any atom is -0.469 e. The van der Waals surface area contributed by atoms with Crippen molar-refractivity contribution in [2.45, 2.75) is 12.1 Å². The monoisotopic (exact) mass is 227 g/mol. The molecule has 80 valence electrons. The van der Waals surface area contributed by atoms with E-state index in [1.165, 1.54) is 18.4 Å². The SMILES string of the molecule is COC(=O)C(N=[N+]=[N-])C(O)c1cccs1. The van der Waals surface area contributed by atoms with Gasteiger partial charge in [-0.3, -0.25) is 4.79 Å². The second-order valence-corrected chi connectivity index (χ2v) is 3.61. The van der Waals surface area contributed by atoms with Gasteiger partial charge in [-0.1, -0.05) is 11.2 Å². The number of methoxy groups -OCH3 is 1. The molecule has 7 heteroatoms. The molecule has 1 aromatic heterocycles. The Labute approximate surface area is 89.7 Å². The van der Waals surface area contributed by atoms with Crippen LogP contribution in [0.5, 0.6) is 0 Å². The van der Waals surface area contributed by atoms with Gasteiger partial charge in [0.1, 0.15) is 6.10 Å². The Morgan fingerprint density at radius 1 is 1.80 bits per heavy atom. The quantitative estimate of drug-likeness (QED) is 0.366. The summed E-state index contributed by atoms with van der Waals surface area (Å²) >= 11 is 1.27. The van der Waals surface area contributed by atoms with Gasteiger partial charge in [-0.05, 0) is 17.0 Å². The van der Waals surface area contributed by atoms with Gasteiger partial charge >= 0.3 is 5.97 Å². The van der Waals surface area contributed by atoms with Crippen molar-refractivity contribution in [3.05, 3.63) is 32.8 Å². The van der Waals surface area contributed by atoms with Crippen molar-refractivity contribution in [2.24, 2.45) is 5.11 Å². The summed E-state index contributed by atoms with van der Waals surface area (Å²) in [5.74, 6) is -0.756. The molecule has 0 aliphatic heterocycles. The molecular weight excluding hydrogens is 218 g/mol. The zero-order chi connectivity index (χ0) is 11.3. The molecule has 0 aliphatic rings. The first-order valence-electron chi connectivity index (χ1n) is 4.04. The zero-order valence-electron chi connectivity index (χ0n) is 7.90. The third-order valence-corrected chi connectivity index (χ3v) is 2.70. The second kappa shape index (κ2) is 5.35. The van der Waals surface area contributed by atoms with E-state index >= 15 is 0 Å². The molecule has 0 saturated heterocycles. The van der Waals surface area contributed by atoms with E-state index in [1.54, 1.807) is 17.5 Å². The van der Waals surface area contributed by atoms with Crippen molar-refractivity contribution in [1.29, 1.82) is 0 Å². The molecule has 6 nitrogen and oxygen atoms in total. The van der Waals surface area contributed by atoms with Crippen molar-refractivity contribution in [3.8, 4) is 0 Å². The molecule has 15 heavy (non-hydrogen) atoms. The van der Waals surface area contributed by atoms with Gasteiger partial charge in [0, 0.05) is 9.79 Å². The summed E-state index contributed by atoms with van der Waals surface area (Å²) in [5, 5.41) is 14.7. The number of aliphatic hydroxyl groups excluding tert-OH is 1. The van der Waals surface area contributed by atoms with Gasteiger partial charge < -0.3 is 9.84 Å². The fourth-order valence-electron chi connectivity index (χ4n) is 1.03. The number of hydrogen-bond donors (Lipinski definition) is 1. The van der Waals surface area contributed by atoms with Gasteiger partial charge in [0.05, 0.1) is 7.11 Å². The van der Waals surface area contributed by atoms with E-state index in [9.17, 15) is 9.90 Å². The molecule has 2 unspecified atom stereocenters. The number of carbonyl (C=O) groups is 1. The van der Waals surface area contributed by atoms with E-state index < -0.39 is 18.1 Å². The summed E-state index contributed by atoms with van der Waals surface area (Å²) in [6.07, 6.45) is -1.16. The predicted octanol–water partition coefficient (Wildman–Crippen LogP) is 1.63. The van der Waals surface area contributed by atoms with Gasteiger partial charge in [0.15, 0.2) is 6.04 Å². The molecular formula is C8H9N3O3S. The number of rotatable bonds is 4. The van der Waals surface area contributed by atoms with Crippen molar-refractivity contribution >= 4 is 17.3 Å². The van der Waals surface area contributed by atoms with Crippen LogP contribution >= 0.6 is 11.3 Å². The maximum atomic E-state index is 11.2. The van der Waals surface area contributed by atoms with Crippen LogP contribution in [0.4, 0.5) is 0 Å². The van der Waals surface area contributed by atoms with Crippen LogP contribution < -0.4 is 0 Å². The molecule has 1 N–H and O–H groups in total. The Morgan fingerprint density at radius 2 is 2.53 bits per heavy atom. The fraction of sp³-hybridized carbons (Fsp3) is 0.375. The van der Waals surface area contributed by atoms with E-state index in [1.807, 2.05) is 0 Å².